The molecule has 2 heterocycles. The molecule has 0 radical (unpaired) electrons. The zero-order chi connectivity index (χ0) is 18.1. The summed E-state index contributed by atoms with van der Waals surface area (Å²) in [4.78, 5) is 17.6. The molecule has 2 aromatic rings. The topological polar surface area (TPSA) is 32.8 Å². The van der Waals surface area contributed by atoms with Crippen LogP contribution in [0.25, 0.3) is 0 Å². The zero-order valence-corrected chi connectivity index (χ0v) is 15.6. The molecule has 0 saturated carbocycles. The Morgan fingerprint density at radius 1 is 1.00 bits per heavy atom. The first-order chi connectivity index (χ1) is 12.6. The molecule has 0 bridgehead atoms. The van der Waals surface area contributed by atoms with Crippen molar-refractivity contribution < 1.29 is 9.53 Å². The Morgan fingerprint density at radius 3 is 2.58 bits per heavy atom. The number of benzene rings is 2. The van der Waals surface area contributed by atoms with Crippen LogP contribution in [0.3, 0.4) is 0 Å². The van der Waals surface area contributed by atoms with Gasteiger partial charge in [-0.2, -0.15) is 0 Å². The highest BCUT2D eigenvalue weighted by Gasteiger charge is 2.32. The lowest BCUT2D eigenvalue weighted by Gasteiger charge is -2.39. The first-order valence-electron chi connectivity index (χ1n) is 9.47. The molecule has 4 rings (SSSR count). The molecular formula is C22H26N2O2. The third-order valence-corrected chi connectivity index (χ3v) is 5.76. The normalized spacial score (nSPS) is 19.7. The summed E-state index contributed by atoms with van der Waals surface area (Å²) in [7, 11) is 0. The van der Waals surface area contributed by atoms with Crippen molar-refractivity contribution in [3.63, 3.8) is 0 Å². The number of hydrogen-bond acceptors (Lipinski definition) is 3. The molecule has 0 N–H and O–H groups in total. The van der Waals surface area contributed by atoms with E-state index in [9.17, 15) is 4.79 Å². The SMILES string of the molecule is Cc1cccc(N2CCN(C(=O)C3CCOc4ccccc43)CC2)c1C. The average molecular weight is 350 g/mol. The van der Waals surface area contributed by atoms with Crippen LogP contribution in [-0.4, -0.2) is 43.6 Å². The van der Waals surface area contributed by atoms with E-state index in [2.05, 4.69) is 36.9 Å². The third-order valence-electron chi connectivity index (χ3n) is 5.76. The van der Waals surface area contributed by atoms with Crippen LogP contribution < -0.4 is 9.64 Å². The number of rotatable bonds is 2. The molecule has 1 amide bonds. The van der Waals surface area contributed by atoms with Crippen molar-refractivity contribution in [3.05, 3.63) is 59.2 Å². The Hall–Kier alpha value is -2.49. The van der Waals surface area contributed by atoms with Crippen LogP contribution in [0.4, 0.5) is 5.69 Å². The van der Waals surface area contributed by atoms with Gasteiger partial charge in [0.1, 0.15) is 5.75 Å². The minimum atomic E-state index is -0.0628. The molecule has 1 saturated heterocycles. The van der Waals surface area contributed by atoms with Crippen LogP contribution in [0.15, 0.2) is 42.5 Å². The maximum absolute atomic E-state index is 13.1. The lowest BCUT2D eigenvalue weighted by atomic mass is 9.91. The number of carbonyl (C=O) groups is 1. The Bertz CT molecular complexity index is 810. The number of anilines is 1. The Balaban J connectivity index is 1.45. The van der Waals surface area contributed by atoms with Gasteiger partial charge >= 0.3 is 0 Å². The summed E-state index contributed by atoms with van der Waals surface area (Å²) in [6.45, 7) is 8.30. The number of hydrogen-bond donors (Lipinski definition) is 0. The molecule has 136 valence electrons. The monoisotopic (exact) mass is 350 g/mol. The second-order valence-electron chi connectivity index (χ2n) is 7.26. The lowest BCUT2D eigenvalue weighted by Crippen LogP contribution is -2.50. The van der Waals surface area contributed by atoms with E-state index in [1.54, 1.807) is 0 Å². The summed E-state index contributed by atoms with van der Waals surface area (Å²) in [5.74, 6) is 1.06. The fourth-order valence-corrected chi connectivity index (χ4v) is 4.06. The third kappa shape index (κ3) is 3.05. The van der Waals surface area contributed by atoms with Gasteiger partial charge in [0.05, 0.1) is 12.5 Å². The van der Waals surface area contributed by atoms with E-state index in [1.807, 2.05) is 29.2 Å². The summed E-state index contributed by atoms with van der Waals surface area (Å²) in [6, 6.07) is 14.4. The van der Waals surface area contributed by atoms with Gasteiger partial charge < -0.3 is 14.5 Å². The van der Waals surface area contributed by atoms with Crippen LogP contribution >= 0.6 is 0 Å². The second-order valence-corrected chi connectivity index (χ2v) is 7.26. The molecular weight excluding hydrogens is 324 g/mol. The smallest absolute Gasteiger partial charge is 0.230 e. The summed E-state index contributed by atoms with van der Waals surface area (Å²) < 4.78 is 5.71. The van der Waals surface area contributed by atoms with E-state index in [0.29, 0.717) is 6.61 Å². The van der Waals surface area contributed by atoms with Gasteiger partial charge in [0.25, 0.3) is 0 Å². The summed E-state index contributed by atoms with van der Waals surface area (Å²) in [6.07, 6.45) is 0.771. The maximum Gasteiger partial charge on any atom is 0.230 e. The summed E-state index contributed by atoms with van der Waals surface area (Å²) >= 11 is 0. The maximum atomic E-state index is 13.1. The first kappa shape index (κ1) is 17.0. The molecule has 1 atom stereocenters. The van der Waals surface area contributed by atoms with Gasteiger partial charge in [-0.25, -0.2) is 0 Å². The largest absolute Gasteiger partial charge is 0.493 e. The van der Waals surface area contributed by atoms with Crippen LogP contribution in [0.1, 0.15) is 29.0 Å². The molecule has 2 aliphatic rings. The molecule has 2 aliphatic heterocycles. The zero-order valence-electron chi connectivity index (χ0n) is 15.6. The molecule has 4 heteroatoms. The van der Waals surface area contributed by atoms with Crippen molar-refractivity contribution in [2.45, 2.75) is 26.2 Å². The van der Waals surface area contributed by atoms with Gasteiger partial charge in [0.2, 0.25) is 5.91 Å². The number of ether oxygens (including phenoxy) is 1. The Labute approximate surface area is 155 Å². The van der Waals surface area contributed by atoms with Crippen LogP contribution in [-0.2, 0) is 4.79 Å². The number of carbonyl (C=O) groups excluding carboxylic acids is 1. The number of piperazine rings is 1. The summed E-state index contributed by atoms with van der Waals surface area (Å²) in [5, 5.41) is 0. The molecule has 2 aromatic carbocycles. The number of para-hydroxylation sites is 1. The molecule has 1 unspecified atom stereocenters. The first-order valence-corrected chi connectivity index (χ1v) is 9.47. The minimum absolute atomic E-state index is 0.0628. The van der Waals surface area contributed by atoms with Crippen molar-refractivity contribution in [1.29, 1.82) is 0 Å². The van der Waals surface area contributed by atoms with Crippen molar-refractivity contribution in [1.82, 2.24) is 4.90 Å². The molecule has 26 heavy (non-hydrogen) atoms. The standard InChI is InChI=1S/C22H26N2O2/c1-16-6-5-8-20(17(16)2)23-11-13-24(14-12-23)22(25)19-10-15-26-21-9-4-3-7-18(19)21/h3-9,19H,10-15H2,1-2H3. The van der Waals surface area contributed by atoms with E-state index in [1.165, 1.54) is 16.8 Å². The summed E-state index contributed by atoms with van der Waals surface area (Å²) in [5.41, 5.74) is 5.00. The lowest BCUT2D eigenvalue weighted by molar-refractivity contribution is -0.133. The van der Waals surface area contributed by atoms with Gasteiger partial charge in [-0.05, 0) is 43.5 Å². The average Bonchev–Trinajstić information content (AvgIpc) is 2.69. The van der Waals surface area contributed by atoms with Crippen molar-refractivity contribution in [2.24, 2.45) is 0 Å². The van der Waals surface area contributed by atoms with Crippen molar-refractivity contribution >= 4 is 11.6 Å². The molecule has 0 aromatic heterocycles. The van der Waals surface area contributed by atoms with E-state index in [4.69, 9.17) is 4.74 Å². The fraction of sp³-hybridized carbons (Fsp3) is 0.409. The van der Waals surface area contributed by atoms with Crippen LogP contribution in [0, 0.1) is 13.8 Å². The van der Waals surface area contributed by atoms with E-state index < -0.39 is 0 Å². The Kier molecular flexibility index (Phi) is 4.58. The fourth-order valence-electron chi connectivity index (χ4n) is 4.06. The molecule has 0 spiro atoms. The predicted molar refractivity (Wildman–Crippen MR) is 104 cm³/mol. The minimum Gasteiger partial charge on any atom is -0.493 e. The van der Waals surface area contributed by atoms with Gasteiger partial charge in [-0.15, -0.1) is 0 Å². The van der Waals surface area contributed by atoms with Gasteiger partial charge in [-0.1, -0.05) is 30.3 Å². The molecule has 4 nitrogen and oxygen atoms in total. The number of aryl methyl sites for hydroxylation is 1. The highest BCUT2D eigenvalue weighted by Crippen LogP contribution is 2.35. The second kappa shape index (κ2) is 7.02. The highest BCUT2D eigenvalue weighted by molar-refractivity contribution is 5.85. The number of nitrogens with zero attached hydrogens (tertiary/aromatic N) is 2. The van der Waals surface area contributed by atoms with E-state index in [-0.39, 0.29) is 11.8 Å². The number of fused-ring (bicyclic) bond motifs is 1. The van der Waals surface area contributed by atoms with Crippen LogP contribution in [0.2, 0.25) is 0 Å². The van der Waals surface area contributed by atoms with Crippen molar-refractivity contribution in [3.8, 4) is 5.75 Å². The van der Waals surface area contributed by atoms with Crippen molar-refractivity contribution in [2.75, 3.05) is 37.7 Å². The molecule has 1 fully saturated rings. The van der Waals surface area contributed by atoms with Gasteiger partial charge in [0.15, 0.2) is 0 Å². The van der Waals surface area contributed by atoms with Gasteiger partial charge in [0, 0.05) is 37.4 Å². The van der Waals surface area contributed by atoms with Gasteiger partial charge in [-0.3, -0.25) is 4.79 Å². The van der Waals surface area contributed by atoms with E-state index >= 15 is 0 Å². The highest BCUT2D eigenvalue weighted by atomic mass is 16.5. The molecule has 0 aliphatic carbocycles. The quantitative estimate of drug-likeness (QED) is 0.831. The van der Waals surface area contributed by atoms with E-state index in [0.717, 1.165) is 43.9 Å². The predicted octanol–water partition coefficient (Wildman–Crippen LogP) is 3.52. The Morgan fingerprint density at radius 2 is 1.77 bits per heavy atom. The number of amides is 1. The van der Waals surface area contributed by atoms with Crippen LogP contribution in [0.5, 0.6) is 5.75 Å².